The Kier molecular flexibility index (Phi) is 4.92. The van der Waals surface area contributed by atoms with E-state index in [1.54, 1.807) is 24.3 Å². The van der Waals surface area contributed by atoms with Gasteiger partial charge in [0, 0.05) is 0 Å². The van der Waals surface area contributed by atoms with Crippen LogP contribution in [0.25, 0.3) is 0 Å². The van der Waals surface area contributed by atoms with Crippen LogP contribution in [0.2, 0.25) is 0 Å². The Bertz CT molecular complexity index is 801. The molecule has 0 saturated carbocycles. The zero-order valence-electron chi connectivity index (χ0n) is 10.4. The fourth-order valence-electron chi connectivity index (χ4n) is 1.49. The molecule has 0 atom stereocenters. The summed E-state index contributed by atoms with van der Waals surface area (Å²) >= 11 is 6.27. The number of nitrogens with zero attached hydrogens (tertiary/aromatic N) is 3. The molecule has 108 valence electrons. The predicted molar refractivity (Wildman–Crippen MR) is 84.8 cm³/mol. The van der Waals surface area contributed by atoms with E-state index < -0.39 is 10.0 Å². The maximum absolute atomic E-state index is 12.1. The summed E-state index contributed by atoms with van der Waals surface area (Å²) < 4.78 is 27.3. The van der Waals surface area contributed by atoms with Crippen molar-refractivity contribution in [2.24, 2.45) is 0 Å². The smallest absolute Gasteiger partial charge is 0.238 e. The van der Waals surface area contributed by atoms with E-state index in [2.05, 4.69) is 46.5 Å². The average Bonchev–Trinajstić information content (AvgIpc) is 2.42. The van der Waals surface area contributed by atoms with Gasteiger partial charge in [-0.25, -0.2) is 18.4 Å². The van der Waals surface area contributed by atoms with Gasteiger partial charge in [-0.1, -0.05) is 12.1 Å². The highest BCUT2D eigenvalue weighted by Gasteiger charge is 2.15. The van der Waals surface area contributed by atoms with E-state index >= 15 is 0 Å². The van der Waals surface area contributed by atoms with E-state index in [-0.39, 0.29) is 11.6 Å². The number of nitrogens with one attached hydrogen (secondary N) is 1. The third-order valence-corrected chi connectivity index (χ3v) is 4.55. The first-order valence-electron chi connectivity index (χ1n) is 5.57. The summed E-state index contributed by atoms with van der Waals surface area (Å²) in [4.78, 5) is 7.94. The summed E-state index contributed by atoms with van der Waals surface area (Å²) in [6.45, 7) is 0. The highest BCUT2D eigenvalue weighted by molar-refractivity contribution is 9.11. The van der Waals surface area contributed by atoms with Crippen molar-refractivity contribution in [2.45, 2.75) is 5.75 Å². The topological polar surface area (TPSA) is 95.7 Å². The predicted octanol–water partition coefficient (Wildman–Crippen LogP) is 2.82. The maximum Gasteiger partial charge on any atom is 0.238 e. The van der Waals surface area contributed by atoms with Crippen molar-refractivity contribution in [3.63, 3.8) is 0 Å². The van der Waals surface area contributed by atoms with Crippen molar-refractivity contribution >= 4 is 47.7 Å². The molecule has 0 spiro atoms. The quantitative estimate of drug-likeness (QED) is 0.802. The van der Waals surface area contributed by atoms with Crippen LogP contribution < -0.4 is 4.72 Å². The van der Waals surface area contributed by atoms with Crippen molar-refractivity contribution in [2.75, 3.05) is 4.72 Å². The SMILES string of the molecule is N#Cc1ccc(CS(=O)(=O)Nc2ncc(Br)nc2Br)cc1. The summed E-state index contributed by atoms with van der Waals surface area (Å²) in [6, 6.07) is 8.31. The van der Waals surface area contributed by atoms with Crippen LogP contribution >= 0.6 is 31.9 Å². The molecule has 0 saturated heterocycles. The van der Waals surface area contributed by atoms with Gasteiger partial charge in [0.05, 0.1) is 23.6 Å². The molecule has 0 bridgehead atoms. The van der Waals surface area contributed by atoms with Crippen LogP contribution in [0, 0.1) is 11.3 Å². The zero-order chi connectivity index (χ0) is 15.5. The summed E-state index contributed by atoms with van der Waals surface area (Å²) in [5.41, 5.74) is 1.05. The molecule has 2 rings (SSSR count). The molecule has 21 heavy (non-hydrogen) atoms. The second-order valence-electron chi connectivity index (χ2n) is 4.00. The molecule has 0 fully saturated rings. The second-order valence-corrected chi connectivity index (χ2v) is 7.29. The Hall–Kier alpha value is -1.50. The molecule has 0 amide bonds. The number of sulfonamides is 1. The monoisotopic (exact) mass is 430 g/mol. The van der Waals surface area contributed by atoms with Crippen LogP contribution in [0.15, 0.2) is 39.7 Å². The first kappa shape index (κ1) is 15.9. The van der Waals surface area contributed by atoms with E-state index in [1.807, 2.05) is 6.07 Å². The lowest BCUT2D eigenvalue weighted by atomic mass is 10.2. The number of hydrogen-bond acceptors (Lipinski definition) is 5. The lowest BCUT2D eigenvalue weighted by Gasteiger charge is -2.08. The molecule has 0 radical (unpaired) electrons. The van der Waals surface area contributed by atoms with Crippen molar-refractivity contribution in [3.05, 3.63) is 50.8 Å². The molecule has 1 N–H and O–H groups in total. The third kappa shape index (κ3) is 4.49. The van der Waals surface area contributed by atoms with Crippen molar-refractivity contribution in [1.29, 1.82) is 5.26 Å². The number of anilines is 1. The van der Waals surface area contributed by atoms with E-state index in [9.17, 15) is 8.42 Å². The van der Waals surface area contributed by atoms with Crippen LogP contribution in [0.3, 0.4) is 0 Å². The lowest BCUT2D eigenvalue weighted by molar-refractivity contribution is 0.600. The summed E-state index contributed by atoms with van der Waals surface area (Å²) in [5.74, 6) is -0.102. The maximum atomic E-state index is 12.1. The van der Waals surface area contributed by atoms with Gasteiger partial charge in [0.2, 0.25) is 10.0 Å². The Labute approximate surface area is 138 Å². The lowest BCUT2D eigenvalue weighted by Crippen LogP contribution is -2.16. The highest BCUT2D eigenvalue weighted by atomic mass is 79.9. The van der Waals surface area contributed by atoms with Gasteiger partial charge < -0.3 is 0 Å². The minimum absolute atomic E-state index is 0.117. The molecular formula is C12H8Br2N4O2S. The molecule has 1 aromatic heterocycles. The second kappa shape index (κ2) is 6.51. The fraction of sp³-hybridized carbons (Fsp3) is 0.0833. The Morgan fingerprint density at radius 3 is 2.48 bits per heavy atom. The van der Waals surface area contributed by atoms with Crippen LogP contribution in [-0.4, -0.2) is 18.4 Å². The van der Waals surface area contributed by atoms with Gasteiger partial charge in [-0.3, -0.25) is 4.72 Å². The van der Waals surface area contributed by atoms with Crippen LogP contribution in [0.1, 0.15) is 11.1 Å². The van der Waals surface area contributed by atoms with E-state index in [0.29, 0.717) is 20.3 Å². The van der Waals surface area contributed by atoms with Crippen LogP contribution in [-0.2, 0) is 15.8 Å². The van der Waals surface area contributed by atoms with Gasteiger partial charge in [-0.2, -0.15) is 5.26 Å². The van der Waals surface area contributed by atoms with E-state index in [4.69, 9.17) is 5.26 Å². The highest BCUT2D eigenvalue weighted by Crippen LogP contribution is 2.21. The number of rotatable bonds is 4. The van der Waals surface area contributed by atoms with Gasteiger partial charge >= 0.3 is 0 Å². The van der Waals surface area contributed by atoms with E-state index in [0.717, 1.165) is 0 Å². The van der Waals surface area contributed by atoms with Gasteiger partial charge in [-0.15, -0.1) is 0 Å². The van der Waals surface area contributed by atoms with Crippen molar-refractivity contribution in [1.82, 2.24) is 9.97 Å². The first-order chi connectivity index (χ1) is 9.89. The van der Waals surface area contributed by atoms with Gasteiger partial charge in [-0.05, 0) is 49.6 Å². The van der Waals surface area contributed by atoms with Gasteiger partial charge in [0.1, 0.15) is 4.60 Å². The molecule has 9 heteroatoms. The minimum Gasteiger partial charge on any atom is -0.265 e. The van der Waals surface area contributed by atoms with Crippen molar-refractivity contribution in [3.8, 4) is 6.07 Å². The fourth-order valence-corrected chi connectivity index (χ4v) is 3.68. The number of halogens is 2. The minimum atomic E-state index is -3.62. The molecule has 0 unspecified atom stereocenters. The Morgan fingerprint density at radius 1 is 1.24 bits per heavy atom. The molecule has 0 aliphatic heterocycles. The summed E-state index contributed by atoms with van der Waals surface area (Å²) in [7, 11) is -3.62. The van der Waals surface area contributed by atoms with Crippen molar-refractivity contribution < 1.29 is 8.42 Å². The van der Waals surface area contributed by atoms with E-state index in [1.165, 1.54) is 6.20 Å². The molecule has 0 aliphatic rings. The Morgan fingerprint density at radius 2 is 1.90 bits per heavy atom. The number of nitriles is 1. The van der Waals surface area contributed by atoms with Gasteiger partial charge in [0.25, 0.3) is 0 Å². The zero-order valence-corrected chi connectivity index (χ0v) is 14.4. The summed E-state index contributed by atoms with van der Waals surface area (Å²) in [6.07, 6.45) is 1.39. The largest absolute Gasteiger partial charge is 0.265 e. The molecule has 2 aromatic rings. The normalized spacial score (nSPS) is 10.9. The number of aromatic nitrogens is 2. The van der Waals surface area contributed by atoms with Crippen LogP contribution in [0.4, 0.5) is 5.82 Å². The van der Waals surface area contributed by atoms with Gasteiger partial charge in [0.15, 0.2) is 10.4 Å². The molecule has 1 aromatic carbocycles. The molecular weight excluding hydrogens is 424 g/mol. The molecule has 0 aliphatic carbocycles. The summed E-state index contributed by atoms with van der Waals surface area (Å²) in [5, 5.41) is 8.70. The molecule has 6 nitrogen and oxygen atoms in total. The number of benzene rings is 1. The third-order valence-electron chi connectivity index (χ3n) is 2.39. The average molecular weight is 432 g/mol. The number of hydrogen-bond donors (Lipinski definition) is 1. The standard InChI is InChI=1S/C12H8Br2N4O2S/c13-10-6-16-12(11(14)17-10)18-21(19,20)7-9-3-1-8(5-15)2-4-9/h1-4,6H,7H2,(H,16,18). The van der Waals surface area contributed by atoms with Crippen LogP contribution in [0.5, 0.6) is 0 Å². The molecule has 1 heterocycles. The first-order valence-corrected chi connectivity index (χ1v) is 8.81. The Balaban J connectivity index is 2.16.